The first-order chi connectivity index (χ1) is 6.15. The second kappa shape index (κ2) is 3.23. The molecule has 4 atom stereocenters. The normalized spacial score (nSPS) is 50.5. The van der Waals surface area contributed by atoms with E-state index in [4.69, 9.17) is 4.74 Å². The molecule has 2 rings (SSSR count). The molecule has 0 aromatic heterocycles. The molecule has 1 aliphatic carbocycles. The molecule has 1 aliphatic heterocycles. The molecule has 0 aromatic rings. The van der Waals surface area contributed by atoms with Crippen LogP contribution in [-0.2, 0) is 4.74 Å². The first-order valence-electron chi connectivity index (χ1n) is 5.24. The molecule has 0 radical (unpaired) electrons. The summed E-state index contributed by atoms with van der Waals surface area (Å²) in [4.78, 5) is 0. The van der Waals surface area contributed by atoms with Gasteiger partial charge in [-0.15, -0.1) is 0 Å². The van der Waals surface area contributed by atoms with E-state index >= 15 is 0 Å². The van der Waals surface area contributed by atoms with Crippen LogP contribution in [0.2, 0.25) is 0 Å². The number of rotatable bonds is 1. The maximum atomic E-state index is 10.1. The summed E-state index contributed by atoms with van der Waals surface area (Å²) in [6.07, 6.45) is 3.77. The Morgan fingerprint density at radius 3 is 3.00 bits per heavy atom. The third-order valence-corrected chi connectivity index (χ3v) is 3.42. The lowest BCUT2D eigenvalue weighted by Gasteiger charge is -2.42. The smallest absolute Gasteiger partial charge is 0.171 e. The Kier molecular flexibility index (Phi) is 2.34. The highest BCUT2D eigenvalue weighted by Crippen LogP contribution is 2.44. The number of ether oxygens (including phenoxy) is 1. The molecule has 3 nitrogen and oxygen atoms in total. The van der Waals surface area contributed by atoms with Crippen molar-refractivity contribution in [2.75, 3.05) is 0 Å². The van der Waals surface area contributed by atoms with Gasteiger partial charge in [0.25, 0.3) is 0 Å². The van der Waals surface area contributed by atoms with Crippen molar-refractivity contribution in [1.82, 2.24) is 0 Å². The standard InChI is InChI=1S/C10H18O3/c1-2-7-6-9(11)8-4-3-5-10(8,12)13-7/h7-9,11-12H,2-6H2,1H3/t7?,8?,9?,10-/m1/s1. The second-order valence-electron chi connectivity index (χ2n) is 4.29. The Bertz CT molecular complexity index is 195. The number of fused-ring (bicyclic) bond motifs is 1. The highest BCUT2D eigenvalue weighted by molar-refractivity contribution is 4.94. The van der Waals surface area contributed by atoms with Crippen LogP contribution < -0.4 is 0 Å². The van der Waals surface area contributed by atoms with Crippen molar-refractivity contribution in [3.05, 3.63) is 0 Å². The quantitative estimate of drug-likeness (QED) is 0.643. The van der Waals surface area contributed by atoms with Crippen LogP contribution in [-0.4, -0.2) is 28.2 Å². The molecule has 3 heteroatoms. The summed E-state index contributed by atoms with van der Waals surface area (Å²) in [7, 11) is 0. The fourth-order valence-electron chi connectivity index (χ4n) is 2.65. The van der Waals surface area contributed by atoms with Gasteiger partial charge in [0.05, 0.1) is 12.2 Å². The number of hydrogen-bond donors (Lipinski definition) is 2. The first-order valence-corrected chi connectivity index (χ1v) is 5.24. The molecule has 1 saturated carbocycles. The van der Waals surface area contributed by atoms with Crippen LogP contribution in [0.15, 0.2) is 0 Å². The van der Waals surface area contributed by atoms with Crippen molar-refractivity contribution < 1.29 is 14.9 Å². The highest BCUT2D eigenvalue weighted by atomic mass is 16.6. The summed E-state index contributed by atoms with van der Waals surface area (Å²) < 4.78 is 5.61. The van der Waals surface area contributed by atoms with E-state index in [0.717, 1.165) is 19.3 Å². The van der Waals surface area contributed by atoms with Crippen LogP contribution in [0.3, 0.4) is 0 Å². The average molecular weight is 186 g/mol. The number of aliphatic hydroxyl groups is 2. The Morgan fingerprint density at radius 1 is 1.54 bits per heavy atom. The van der Waals surface area contributed by atoms with Crippen LogP contribution >= 0.6 is 0 Å². The monoisotopic (exact) mass is 186 g/mol. The first kappa shape index (κ1) is 9.44. The topological polar surface area (TPSA) is 49.7 Å². The van der Waals surface area contributed by atoms with Gasteiger partial charge in [-0.05, 0) is 19.3 Å². The summed E-state index contributed by atoms with van der Waals surface area (Å²) in [5.74, 6) is -1.06. The Balaban J connectivity index is 2.12. The van der Waals surface area contributed by atoms with Crippen molar-refractivity contribution in [3.8, 4) is 0 Å². The zero-order chi connectivity index (χ0) is 9.47. The van der Waals surface area contributed by atoms with Gasteiger partial charge in [0.1, 0.15) is 0 Å². The van der Waals surface area contributed by atoms with E-state index in [1.807, 2.05) is 6.92 Å². The van der Waals surface area contributed by atoms with E-state index in [0.29, 0.717) is 12.8 Å². The fraction of sp³-hybridized carbons (Fsp3) is 1.00. The Morgan fingerprint density at radius 2 is 2.31 bits per heavy atom. The van der Waals surface area contributed by atoms with Gasteiger partial charge < -0.3 is 14.9 Å². The van der Waals surface area contributed by atoms with Crippen molar-refractivity contribution in [3.63, 3.8) is 0 Å². The van der Waals surface area contributed by atoms with E-state index < -0.39 is 5.79 Å². The summed E-state index contributed by atoms with van der Waals surface area (Å²) in [6.45, 7) is 2.02. The minimum Gasteiger partial charge on any atom is -0.393 e. The maximum Gasteiger partial charge on any atom is 0.171 e. The van der Waals surface area contributed by atoms with E-state index in [9.17, 15) is 10.2 Å². The molecule has 3 unspecified atom stereocenters. The van der Waals surface area contributed by atoms with Crippen LogP contribution in [0.5, 0.6) is 0 Å². The molecule has 2 aliphatic rings. The maximum absolute atomic E-state index is 10.1. The molecule has 1 saturated heterocycles. The summed E-state index contributed by atoms with van der Waals surface area (Å²) in [5, 5.41) is 19.9. The van der Waals surface area contributed by atoms with Gasteiger partial charge >= 0.3 is 0 Å². The lowest BCUT2D eigenvalue weighted by atomic mass is 9.88. The minimum absolute atomic E-state index is 0.0364. The SMILES string of the molecule is CCC1CC(O)C2CCC[C@@]2(O)O1. The summed E-state index contributed by atoms with van der Waals surface area (Å²) >= 11 is 0. The zero-order valence-corrected chi connectivity index (χ0v) is 8.07. The van der Waals surface area contributed by atoms with Gasteiger partial charge in [-0.2, -0.15) is 0 Å². The number of hydrogen-bond acceptors (Lipinski definition) is 3. The second-order valence-corrected chi connectivity index (χ2v) is 4.29. The predicted octanol–water partition coefficient (Wildman–Crippen LogP) is 1.03. The van der Waals surface area contributed by atoms with E-state index in [1.165, 1.54) is 0 Å². The van der Waals surface area contributed by atoms with Crippen LogP contribution in [0.4, 0.5) is 0 Å². The molecule has 13 heavy (non-hydrogen) atoms. The summed E-state index contributed by atoms with van der Waals surface area (Å²) in [6, 6.07) is 0. The molecular formula is C10H18O3. The van der Waals surface area contributed by atoms with Crippen LogP contribution in [0.25, 0.3) is 0 Å². The minimum atomic E-state index is -1.02. The third-order valence-electron chi connectivity index (χ3n) is 3.42. The van der Waals surface area contributed by atoms with Gasteiger partial charge in [0.2, 0.25) is 0 Å². The summed E-state index contributed by atoms with van der Waals surface area (Å²) in [5.41, 5.74) is 0. The van der Waals surface area contributed by atoms with Gasteiger partial charge in [-0.3, -0.25) is 0 Å². The van der Waals surface area contributed by atoms with Crippen molar-refractivity contribution in [2.24, 2.45) is 5.92 Å². The zero-order valence-electron chi connectivity index (χ0n) is 8.07. The lowest BCUT2D eigenvalue weighted by Crippen LogP contribution is -2.50. The third kappa shape index (κ3) is 1.49. The molecule has 0 aromatic carbocycles. The largest absolute Gasteiger partial charge is 0.393 e. The van der Waals surface area contributed by atoms with E-state index in [1.54, 1.807) is 0 Å². The fourth-order valence-corrected chi connectivity index (χ4v) is 2.65. The molecule has 0 bridgehead atoms. The molecule has 0 spiro atoms. The highest BCUT2D eigenvalue weighted by Gasteiger charge is 2.50. The van der Waals surface area contributed by atoms with Crippen molar-refractivity contribution >= 4 is 0 Å². The molecule has 76 valence electrons. The van der Waals surface area contributed by atoms with Crippen LogP contribution in [0.1, 0.15) is 39.0 Å². The van der Waals surface area contributed by atoms with Gasteiger partial charge in [-0.1, -0.05) is 6.92 Å². The predicted molar refractivity (Wildman–Crippen MR) is 48.1 cm³/mol. The molecule has 2 fully saturated rings. The van der Waals surface area contributed by atoms with Crippen molar-refractivity contribution in [1.29, 1.82) is 0 Å². The molecular weight excluding hydrogens is 168 g/mol. The van der Waals surface area contributed by atoms with Crippen molar-refractivity contribution in [2.45, 2.75) is 57.0 Å². The van der Waals surface area contributed by atoms with Gasteiger partial charge in [-0.25, -0.2) is 0 Å². The lowest BCUT2D eigenvalue weighted by molar-refractivity contribution is -0.293. The number of aliphatic hydroxyl groups excluding tert-OH is 1. The molecule has 2 N–H and O–H groups in total. The van der Waals surface area contributed by atoms with Gasteiger partial charge in [0, 0.05) is 18.8 Å². The average Bonchev–Trinajstić information content (AvgIpc) is 2.46. The van der Waals surface area contributed by atoms with Crippen LogP contribution in [0, 0.1) is 5.92 Å². The van der Waals surface area contributed by atoms with Gasteiger partial charge in [0.15, 0.2) is 5.79 Å². The van der Waals surface area contributed by atoms with E-state index in [-0.39, 0.29) is 18.1 Å². The molecule has 1 heterocycles. The Labute approximate surface area is 78.7 Å². The van der Waals surface area contributed by atoms with E-state index in [2.05, 4.69) is 0 Å². The molecule has 0 amide bonds. The Hall–Kier alpha value is -0.120.